The van der Waals surface area contributed by atoms with Crippen molar-refractivity contribution in [2.24, 2.45) is 0 Å². The number of hydrogen-bond acceptors (Lipinski definition) is 4. The SMILES string of the molecule is Cc1nc(CCNC(=O)c2cccnc2)co1. The molecule has 1 amide bonds. The van der Waals surface area contributed by atoms with Crippen LogP contribution in [0.5, 0.6) is 0 Å². The molecule has 5 heteroatoms. The minimum absolute atomic E-state index is 0.127. The maximum absolute atomic E-state index is 11.6. The molecule has 0 radical (unpaired) electrons. The quantitative estimate of drug-likeness (QED) is 0.862. The molecule has 0 atom stereocenters. The lowest BCUT2D eigenvalue weighted by Gasteiger charge is -2.02. The zero-order valence-electron chi connectivity index (χ0n) is 9.51. The molecule has 0 spiro atoms. The van der Waals surface area contributed by atoms with Gasteiger partial charge in [-0.25, -0.2) is 4.98 Å². The summed E-state index contributed by atoms with van der Waals surface area (Å²) < 4.78 is 5.07. The smallest absolute Gasteiger partial charge is 0.252 e. The van der Waals surface area contributed by atoms with E-state index in [0.717, 1.165) is 5.69 Å². The normalized spacial score (nSPS) is 10.2. The van der Waals surface area contributed by atoms with E-state index in [1.54, 1.807) is 31.5 Å². The number of carbonyl (C=O) groups excluding carboxylic acids is 1. The van der Waals surface area contributed by atoms with Crippen LogP contribution in [0, 0.1) is 6.92 Å². The Morgan fingerprint density at radius 2 is 2.41 bits per heavy atom. The fourth-order valence-corrected chi connectivity index (χ4v) is 1.43. The molecule has 0 saturated carbocycles. The van der Waals surface area contributed by atoms with Crippen LogP contribution in [0.15, 0.2) is 35.2 Å². The predicted octanol–water partition coefficient (Wildman–Crippen LogP) is 1.35. The molecule has 0 aliphatic carbocycles. The van der Waals surface area contributed by atoms with E-state index in [2.05, 4.69) is 15.3 Å². The number of rotatable bonds is 4. The van der Waals surface area contributed by atoms with Crippen molar-refractivity contribution in [2.75, 3.05) is 6.54 Å². The highest BCUT2D eigenvalue weighted by Gasteiger charge is 2.05. The summed E-state index contributed by atoms with van der Waals surface area (Å²) in [4.78, 5) is 19.7. The van der Waals surface area contributed by atoms with Crippen LogP contribution >= 0.6 is 0 Å². The maximum atomic E-state index is 11.6. The molecule has 2 heterocycles. The van der Waals surface area contributed by atoms with Crippen LogP contribution in [0.1, 0.15) is 21.9 Å². The van der Waals surface area contributed by atoms with Crippen molar-refractivity contribution in [2.45, 2.75) is 13.3 Å². The van der Waals surface area contributed by atoms with Crippen LogP contribution in [0.25, 0.3) is 0 Å². The van der Waals surface area contributed by atoms with Gasteiger partial charge in [-0.05, 0) is 12.1 Å². The summed E-state index contributed by atoms with van der Waals surface area (Å²) in [5, 5.41) is 2.80. The van der Waals surface area contributed by atoms with Gasteiger partial charge in [-0.15, -0.1) is 0 Å². The maximum Gasteiger partial charge on any atom is 0.252 e. The van der Waals surface area contributed by atoms with Gasteiger partial charge in [0.25, 0.3) is 5.91 Å². The average molecular weight is 231 g/mol. The van der Waals surface area contributed by atoms with E-state index in [1.165, 1.54) is 6.20 Å². The molecular weight excluding hydrogens is 218 g/mol. The summed E-state index contributed by atoms with van der Waals surface area (Å²) in [5.74, 6) is 0.511. The lowest BCUT2D eigenvalue weighted by Crippen LogP contribution is -2.25. The zero-order valence-corrected chi connectivity index (χ0v) is 9.51. The lowest BCUT2D eigenvalue weighted by atomic mass is 10.2. The van der Waals surface area contributed by atoms with Gasteiger partial charge in [0.05, 0.1) is 11.3 Å². The highest BCUT2D eigenvalue weighted by atomic mass is 16.3. The Kier molecular flexibility index (Phi) is 3.49. The Bertz CT molecular complexity index is 493. The van der Waals surface area contributed by atoms with E-state index in [4.69, 9.17) is 4.42 Å². The minimum atomic E-state index is -0.127. The zero-order chi connectivity index (χ0) is 12.1. The topological polar surface area (TPSA) is 68.0 Å². The molecule has 0 unspecified atom stereocenters. The molecule has 0 saturated heterocycles. The van der Waals surface area contributed by atoms with E-state index in [-0.39, 0.29) is 5.91 Å². The van der Waals surface area contributed by atoms with Gasteiger partial charge in [-0.3, -0.25) is 9.78 Å². The van der Waals surface area contributed by atoms with Gasteiger partial charge in [0.2, 0.25) is 0 Å². The summed E-state index contributed by atoms with van der Waals surface area (Å²) in [6.07, 6.45) is 5.43. The molecule has 2 aromatic rings. The third-order valence-corrected chi connectivity index (χ3v) is 2.26. The third-order valence-electron chi connectivity index (χ3n) is 2.26. The molecule has 0 bridgehead atoms. The average Bonchev–Trinajstić information content (AvgIpc) is 2.76. The minimum Gasteiger partial charge on any atom is -0.449 e. The Morgan fingerprint density at radius 3 is 3.06 bits per heavy atom. The van der Waals surface area contributed by atoms with Gasteiger partial charge in [0, 0.05) is 32.3 Å². The summed E-state index contributed by atoms with van der Waals surface area (Å²) in [6, 6.07) is 3.46. The van der Waals surface area contributed by atoms with Crippen molar-refractivity contribution in [3.8, 4) is 0 Å². The standard InChI is InChI=1S/C12H13N3O2/c1-9-15-11(8-17-9)4-6-14-12(16)10-3-2-5-13-7-10/h2-3,5,7-8H,4,6H2,1H3,(H,14,16). The van der Waals surface area contributed by atoms with E-state index in [0.29, 0.717) is 24.4 Å². The van der Waals surface area contributed by atoms with Gasteiger partial charge in [-0.1, -0.05) is 0 Å². The number of carbonyl (C=O) groups is 1. The summed E-state index contributed by atoms with van der Waals surface area (Å²) in [7, 11) is 0. The van der Waals surface area contributed by atoms with Crippen molar-refractivity contribution in [1.29, 1.82) is 0 Å². The molecule has 0 aliphatic heterocycles. The number of hydrogen-bond donors (Lipinski definition) is 1. The van der Waals surface area contributed by atoms with Gasteiger partial charge >= 0.3 is 0 Å². The first-order chi connectivity index (χ1) is 8.25. The van der Waals surface area contributed by atoms with Crippen molar-refractivity contribution >= 4 is 5.91 Å². The molecule has 88 valence electrons. The van der Waals surface area contributed by atoms with Crippen LogP contribution in [0.2, 0.25) is 0 Å². The monoisotopic (exact) mass is 231 g/mol. The van der Waals surface area contributed by atoms with E-state index >= 15 is 0 Å². The van der Waals surface area contributed by atoms with Crippen LogP contribution in [-0.4, -0.2) is 22.4 Å². The van der Waals surface area contributed by atoms with Crippen molar-refractivity contribution in [3.63, 3.8) is 0 Å². The number of nitrogens with zero attached hydrogens (tertiary/aromatic N) is 2. The summed E-state index contributed by atoms with van der Waals surface area (Å²) >= 11 is 0. The summed E-state index contributed by atoms with van der Waals surface area (Å²) in [5.41, 5.74) is 1.40. The van der Waals surface area contributed by atoms with Crippen molar-refractivity contribution in [3.05, 3.63) is 47.9 Å². The van der Waals surface area contributed by atoms with Crippen LogP contribution in [0.4, 0.5) is 0 Å². The van der Waals surface area contributed by atoms with E-state index in [9.17, 15) is 4.79 Å². The second kappa shape index (κ2) is 5.25. The highest BCUT2D eigenvalue weighted by Crippen LogP contribution is 2.00. The van der Waals surface area contributed by atoms with Crippen LogP contribution in [-0.2, 0) is 6.42 Å². The van der Waals surface area contributed by atoms with Crippen LogP contribution in [0.3, 0.4) is 0 Å². The molecule has 1 N–H and O–H groups in total. The first kappa shape index (κ1) is 11.3. The number of amides is 1. The molecular formula is C12H13N3O2. The van der Waals surface area contributed by atoms with Gasteiger partial charge in [-0.2, -0.15) is 0 Å². The molecule has 5 nitrogen and oxygen atoms in total. The summed E-state index contributed by atoms with van der Waals surface area (Å²) in [6.45, 7) is 2.32. The van der Waals surface area contributed by atoms with Gasteiger partial charge < -0.3 is 9.73 Å². The molecule has 0 aromatic carbocycles. The number of pyridine rings is 1. The molecule has 17 heavy (non-hydrogen) atoms. The lowest BCUT2D eigenvalue weighted by molar-refractivity contribution is 0.0953. The van der Waals surface area contributed by atoms with Crippen molar-refractivity contribution in [1.82, 2.24) is 15.3 Å². The Labute approximate surface area is 98.9 Å². The fraction of sp³-hybridized carbons (Fsp3) is 0.250. The Balaban J connectivity index is 1.81. The van der Waals surface area contributed by atoms with Gasteiger partial charge in [0.15, 0.2) is 5.89 Å². The fourth-order valence-electron chi connectivity index (χ4n) is 1.43. The Hall–Kier alpha value is -2.17. The van der Waals surface area contributed by atoms with E-state index in [1.807, 2.05) is 0 Å². The second-order valence-electron chi connectivity index (χ2n) is 3.61. The second-order valence-corrected chi connectivity index (χ2v) is 3.61. The number of aromatic nitrogens is 2. The first-order valence-corrected chi connectivity index (χ1v) is 5.35. The van der Waals surface area contributed by atoms with E-state index < -0.39 is 0 Å². The molecule has 0 fully saturated rings. The highest BCUT2D eigenvalue weighted by molar-refractivity contribution is 5.93. The molecule has 2 aromatic heterocycles. The molecule has 0 aliphatic rings. The number of oxazole rings is 1. The predicted molar refractivity (Wildman–Crippen MR) is 61.5 cm³/mol. The molecule has 2 rings (SSSR count). The van der Waals surface area contributed by atoms with Crippen molar-refractivity contribution < 1.29 is 9.21 Å². The first-order valence-electron chi connectivity index (χ1n) is 5.35. The largest absolute Gasteiger partial charge is 0.449 e. The third kappa shape index (κ3) is 3.14. The Morgan fingerprint density at radius 1 is 1.53 bits per heavy atom. The van der Waals surface area contributed by atoms with Gasteiger partial charge in [0.1, 0.15) is 6.26 Å². The number of aryl methyl sites for hydroxylation is 1. The number of nitrogens with one attached hydrogen (secondary N) is 1. The van der Waals surface area contributed by atoms with Crippen LogP contribution < -0.4 is 5.32 Å².